The van der Waals surface area contributed by atoms with Crippen molar-refractivity contribution in [1.29, 1.82) is 0 Å². The molecule has 0 saturated heterocycles. The van der Waals surface area contributed by atoms with Gasteiger partial charge in [-0.25, -0.2) is 0 Å². The molecule has 0 rings (SSSR count). The molecule has 0 aliphatic heterocycles. The van der Waals surface area contributed by atoms with E-state index in [4.69, 9.17) is 0 Å². The second kappa shape index (κ2) is 68.3. The van der Waals surface area contributed by atoms with Crippen LogP contribution in [0.1, 0.15) is 0 Å². The molecule has 0 atom stereocenters. The fraction of sp³-hybridized carbons (Fsp3) is 0. The summed E-state index contributed by atoms with van der Waals surface area (Å²) in [6, 6.07) is 0. The normalized spacial score (nSPS) is 0. The average molecular weight is 484 g/mol. The molecule has 0 unspecified atom stereocenters. The molecule has 7 heteroatoms. The molecule has 0 amide bonds. The van der Waals surface area contributed by atoms with Crippen molar-refractivity contribution in [3.8, 4) is 0 Å². The van der Waals surface area contributed by atoms with E-state index in [1.807, 2.05) is 0 Å². The Balaban J connectivity index is 0. The maximum absolute atomic E-state index is 0. The van der Waals surface area contributed by atoms with Crippen LogP contribution in [-0.2, 0) is 41.5 Å². The van der Waals surface area contributed by atoms with Gasteiger partial charge in [0.05, 0.1) is 0 Å². The molecule has 0 fully saturated rings. The van der Waals surface area contributed by atoms with Crippen LogP contribution >= 0.6 is 62.0 Å². The van der Waals surface area contributed by atoms with Gasteiger partial charge in [0.15, 0.2) is 0 Å². The third-order valence-electron chi connectivity index (χ3n) is 0. The van der Waals surface area contributed by atoms with Gasteiger partial charge in [-0.05, 0) is 0 Å². The Bertz CT molecular complexity index is 8.04. The van der Waals surface area contributed by atoms with Gasteiger partial charge in [-0.3, -0.25) is 0 Å². The minimum absolute atomic E-state index is 0. The third-order valence-corrected chi connectivity index (χ3v) is 0. The van der Waals surface area contributed by atoms with Gasteiger partial charge in [0.25, 0.3) is 0 Å². The standard InChI is InChI=1S/5ClH.Pd.Pt/h5*1H;;. The van der Waals surface area contributed by atoms with Gasteiger partial charge in [0.1, 0.15) is 0 Å². The second-order valence-electron chi connectivity index (χ2n) is 0. The molecule has 60 valence electrons. The van der Waals surface area contributed by atoms with Gasteiger partial charge in [-0.2, -0.15) is 0 Å². The molecular formula is H5Cl5PdPt. The fourth-order valence-corrected chi connectivity index (χ4v) is 0. The molecule has 0 spiro atoms. The Labute approximate surface area is 102 Å². The van der Waals surface area contributed by atoms with E-state index < -0.39 is 0 Å². The molecule has 7 heavy (non-hydrogen) atoms. The van der Waals surface area contributed by atoms with Gasteiger partial charge < -0.3 is 0 Å². The van der Waals surface area contributed by atoms with Crippen LogP contribution in [0.25, 0.3) is 0 Å². The second-order valence-corrected chi connectivity index (χ2v) is 0. The molecule has 0 aliphatic carbocycles. The minimum Gasteiger partial charge on any atom is -0.147 e. The van der Waals surface area contributed by atoms with Gasteiger partial charge in [-0.15, -0.1) is 62.0 Å². The van der Waals surface area contributed by atoms with Crippen LogP contribution < -0.4 is 0 Å². The van der Waals surface area contributed by atoms with Crippen LogP contribution in [0, 0.1) is 0 Å². The Morgan fingerprint density at radius 3 is 0.429 bits per heavy atom. The largest absolute Gasteiger partial charge is 0.147 e. The summed E-state index contributed by atoms with van der Waals surface area (Å²) in [5, 5.41) is 0. The van der Waals surface area contributed by atoms with Gasteiger partial charge in [-0.1, -0.05) is 0 Å². The van der Waals surface area contributed by atoms with Crippen molar-refractivity contribution >= 4 is 62.0 Å². The van der Waals surface area contributed by atoms with E-state index in [0.29, 0.717) is 0 Å². The van der Waals surface area contributed by atoms with Crippen LogP contribution in [0.4, 0.5) is 0 Å². The zero-order chi connectivity index (χ0) is 0. The van der Waals surface area contributed by atoms with Crippen molar-refractivity contribution in [3.63, 3.8) is 0 Å². The average Bonchev–Trinajstić information content (AvgIpc) is 0. The minimum atomic E-state index is 0. The molecule has 0 N–H and O–H groups in total. The molecule has 0 aromatic carbocycles. The molecule has 0 nitrogen and oxygen atoms in total. The maximum atomic E-state index is 0. The molecular weight excluding hydrogens is 479 g/mol. The number of halogens is 5. The summed E-state index contributed by atoms with van der Waals surface area (Å²) < 4.78 is 0. The van der Waals surface area contributed by atoms with Crippen LogP contribution in [0.5, 0.6) is 0 Å². The van der Waals surface area contributed by atoms with Crippen molar-refractivity contribution in [2.45, 2.75) is 0 Å². The first kappa shape index (κ1) is 96.8. The summed E-state index contributed by atoms with van der Waals surface area (Å²) in [7, 11) is 0. The van der Waals surface area contributed by atoms with Gasteiger partial charge in [0.2, 0.25) is 0 Å². The van der Waals surface area contributed by atoms with E-state index in [0.717, 1.165) is 0 Å². The van der Waals surface area contributed by atoms with Crippen LogP contribution in [-0.4, -0.2) is 0 Å². The van der Waals surface area contributed by atoms with Crippen molar-refractivity contribution in [1.82, 2.24) is 0 Å². The fourth-order valence-electron chi connectivity index (χ4n) is 0. The van der Waals surface area contributed by atoms with E-state index in [1.165, 1.54) is 0 Å². The van der Waals surface area contributed by atoms with Crippen LogP contribution in [0.2, 0.25) is 0 Å². The molecule has 0 heterocycles. The molecule has 0 aromatic heterocycles. The zero-order valence-corrected chi connectivity index (χ0v) is 10.6. The summed E-state index contributed by atoms with van der Waals surface area (Å²) in [5.41, 5.74) is 0. The van der Waals surface area contributed by atoms with Crippen molar-refractivity contribution < 1.29 is 41.5 Å². The van der Waals surface area contributed by atoms with Crippen molar-refractivity contribution in [3.05, 3.63) is 0 Å². The third kappa shape index (κ3) is 51.9. The molecule has 0 aliphatic rings. The summed E-state index contributed by atoms with van der Waals surface area (Å²) in [4.78, 5) is 0. The quantitative estimate of drug-likeness (QED) is 0.463. The van der Waals surface area contributed by atoms with Gasteiger partial charge in [0, 0.05) is 41.5 Å². The summed E-state index contributed by atoms with van der Waals surface area (Å²) in [6.07, 6.45) is 0. The first-order valence-corrected chi connectivity index (χ1v) is 0. The Morgan fingerprint density at radius 1 is 0.429 bits per heavy atom. The predicted octanol–water partition coefficient (Wildman–Crippen LogP) is 2.10. The topological polar surface area (TPSA) is 0 Å². The number of rotatable bonds is 0. The van der Waals surface area contributed by atoms with E-state index in [9.17, 15) is 0 Å². The first-order valence-electron chi connectivity index (χ1n) is 0. The summed E-state index contributed by atoms with van der Waals surface area (Å²) in [6.45, 7) is 0. The number of hydrogen-bond acceptors (Lipinski definition) is 0. The zero-order valence-electron chi connectivity index (χ0n) is 2.67. The monoisotopic (exact) mass is 481 g/mol. The van der Waals surface area contributed by atoms with Crippen LogP contribution in [0.15, 0.2) is 0 Å². The molecule has 0 saturated carbocycles. The first-order chi connectivity index (χ1) is 0. The van der Waals surface area contributed by atoms with E-state index >= 15 is 0 Å². The van der Waals surface area contributed by atoms with Gasteiger partial charge >= 0.3 is 0 Å². The summed E-state index contributed by atoms with van der Waals surface area (Å²) >= 11 is 0. The molecule has 0 aromatic rings. The van der Waals surface area contributed by atoms with E-state index in [1.54, 1.807) is 0 Å². The Kier molecular flexibility index (Phi) is 944. The van der Waals surface area contributed by atoms with E-state index in [-0.39, 0.29) is 104 Å². The summed E-state index contributed by atoms with van der Waals surface area (Å²) in [5.74, 6) is 0. The molecule has 0 radical (unpaired) electrons. The molecule has 0 bridgehead atoms. The SMILES string of the molecule is Cl.Cl.Cl.Cl.Cl.[Pd].[Pt]. The van der Waals surface area contributed by atoms with Crippen LogP contribution in [0.3, 0.4) is 0 Å². The van der Waals surface area contributed by atoms with Crippen molar-refractivity contribution in [2.75, 3.05) is 0 Å². The van der Waals surface area contributed by atoms with E-state index in [2.05, 4.69) is 0 Å². The number of hydrogen-bond donors (Lipinski definition) is 0. The Hall–Kier alpha value is 2.80. The smallest absolute Gasteiger partial charge is 0 e. The maximum Gasteiger partial charge on any atom is 0 e. The van der Waals surface area contributed by atoms with Crippen molar-refractivity contribution in [2.24, 2.45) is 0 Å². The predicted molar refractivity (Wildman–Crippen MR) is 36.2 cm³/mol. The Morgan fingerprint density at radius 2 is 0.429 bits per heavy atom.